The standard InChI is InChI=1S/C23H13Cl2NO4/c24-15-9-10-19(16(12-15)20(27)13-5-2-1-3-6-13)26-22(28)17-11-14-7-4-8-18(25)21(14)30-23(17)29/h1-12H,(H,26,28). The highest BCUT2D eigenvalue weighted by atomic mass is 35.5. The summed E-state index contributed by atoms with van der Waals surface area (Å²) >= 11 is 12.1. The molecule has 1 aromatic heterocycles. The van der Waals surface area contributed by atoms with Crippen molar-refractivity contribution in [1.82, 2.24) is 0 Å². The van der Waals surface area contributed by atoms with E-state index >= 15 is 0 Å². The molecule has 0 unspecified atom stereocenters. The van der Waals surface area contributed by atoms with Gasteiger partial charge in [-0.3, -0.25) is 9.59 Å². The Morgan fingerprint density at radius 1 is 0.833 bits per heavy atom. The normalized spacial score (nSPS) is 10.7. The van der Waals surface area contributed by atoms with Gasteiger partial charge in [0.15, 0.2) is 11.4 Å². The van der Waals surface area contributed by atoms with E-state index in [0.717, 1.165) is 0 Å². The molecule has 7 heteroatoms. The van der Waals surface area contributed by atoms with E-state index < -0.39 is 11.5 Å². The number of para-hydroxylation sites is 1. The topological polar surface area (TPSA) is 76.4 Å². The van der Waals surface area contributed by atoms with Gasteiger partial charge in [-0.15, -0.1) is 0 Å². The van der Waals surface area contributed by atoms with Gasteiger partial charge in [0.1, 0.15) is 5.56 Å². The Morgan fingerprint density at radius 2 is 1.60 bits per heavy atom. The second-order valence-electron chi connectivity index (χ2n) is 6.44. The molecule has 4 aromatic rings. The number of amides is 1. The summed E-state index contributed by atoms with van der Waals surface area (Å²) < 4.78 is 5.21. The number of benzene rings is 3. The highest BCUT2D eigenvalue weighted by Crippen LogP contribution is 2.25. The van der Waals surface area contributed by atoms with Gasteiger partial charge in [-0.2, -0.15) is 0 Å². The predicted molar refractivity (Wildman–Crippen MR) is 117 cm³/mol. The maximum atomic E-state index is 12.9. The fraction of sp³-hybridized carbons (Fsp3) is 0. The molecule has 0 aliphatic carbocycles. The predicted octanol–water partition coefficient (Wildman–Crippen LogP) is 5.58. The van der Waals surface area contributed by atoms with Crippen LogP contribution in [-0.4, -0.2) is 11.7 Å². The maximum absolute atomic E-state index is 12.9. The Kier molecular flexibility index (Phi) is 5.40. The lowest BCUT2D eigenvalue weighted by Crippen LogP contribution is -2.22. The summed E-state index contributed by atoms with van der Waals surface area (Å²) in [4.78, 5) is 38.1. The van der Waals surface area contributed by atoms with Gasteiger partial charge in [0.05, 0.1) is 10.7 Å². The number of carbonyl (C=O) groups excluding carboxylic acids is 2. The molecule has 0 atom stereocenters. The number of hydrogen-bond donors (Lipinski definition) is 1. The number of ketones is 1. The second-order valence-corrected chi connectivity index (χ2v) is 7.29. The molecule has 1 N–H and O–H groups in total. The van der Waals surface area contributed by atoms with Crippen molar-refractivity contribution < 1.29 is 14.0 Å². The maximum Gasteiger partial charge on any atom is 0.349 e. The first kappa shape index (κ1) is 19.9. The lowest BCUT2D eigenvalue weighted by atomic mass is 10.0. The Morgan fingerprint density at radius 3 is 2.37 bits per heavy atom. The molecule has 0 aliphatic rings. The molecule has 0 saturated carbocycles. The number of anilines is 1. The third-order valence-electron chi connectivity index (χ3n) is 4.47. The Balaban J connectivity index is 1.72. The van der Waals surface area contributed by atoms with Gasteiger partial charge in [-0.1, -0.05) is 65.7 Å². The van der Waals surface area contributed by atoms with Crippen LogP contribution in [0.5, 0.6) is 0 Å². The van der Waals surface area contributed by atoms with Gasteiger partial charge in [0, 0.05) is 21.5 Å². The van der Waals surface area contributed by atoms with Crippen molar-refractivity contribution in [2.24, 2.45) is 0 Å². The van der Waals surface area contributed by atoms with Crippen LogP contribution in [0.2, 0.25) is 10.0 Å². The quantitative estimate of drug-likeness (QED) is 0.333. The fourth-order valence-corrected chi connectivity index (χ4v) is 3.41. The van der Waals surface area contributed by atoms with E-state index in [-0.39, 0.29) is 33.2 Å². The number of carbonyl (C=O) groups is 2. The largest absolute Gasteiger partial charge is 0.421 e. The molecule has 0 aliphatic heterocycles. The number of nitrogens with one attached hydrogen (secondary N) is 1. The molecule has 5 nitrogen and oxygen atoms in total. The second kappa shape index (κ2) is 8.14. The molecule has 30 heavy (non-hydrogen) atoms. The summed E-state index contributed by atoms with van der Waals surface area (Å²) in [6.07, 6.45) is 0. The van der Waals surface area contributed by atoms with Crippen molar-refractivity contribution in [2.75, 3.05) is 5.32 Å². The monoisotopic (exact) mass is 437 g/mol. The summed E-state index contributed by atoms with van der Waals surface area (Å²) in [5.41, 5.74) is 0.0252. The van der Waals surface area contributed by atoms with Crippen LogP contribution in [-0.2, 0) is 0 Å². The van der Waals surface area contributed by atoms with Gasteiger partial charge < -0.3 is 9.73 Å². The van der Waals surface area contributed by atoms with E-state index in [9.17, 15) is 14.4 Å². The van der Waals surface area contributed by atoms with Crippen LogP contribution in [0.3, 0.4) is 0 Å². The average molecular weight is 438 g/mol. The molecule has 0 saturated heterocycles. The van der Waals surface area contributed by atoms with Crippen LogP contribution >= 0.6 is 23.2 Å². The van der Waals surface area contributed by atoms with E-state index in [2.05, 4.69) is 5.32 Å². The molecule has 0 spiro atoms. The van der Waals surface area contributed by atoms with Crippen molar-refractivity contribution in [3.05, 3.63) is 110 Å². The van der Waals surface area contributed by atoms with Crippen LogP contribution in [0, 0.1) is 0 Å². The molecule has 0 bridgehead atoms. The van der Waals surface area contributed by atoms with Gasteiger partial charge in [0.2, 0.25) is 0 Å². The minimum Gasteiger partial charge on any atom is -0.421 e. The zero-order chi connectivity index (χ0) is 21.3. The van der Waals surface area contributed by atoms with Crippen LogP contribution in [0.25, 0.3) is 11.0 Å². The van der Waals surface area contributed by atoms with Crippen molar-refractivity contribution >= 4 is 51.5 Å². The first-order chi connectivity index (χ1) is 14.4. The van der Waals surface area contributed by atoms with E-state index in [1.165, 1.54) is 18.2 Å². The van der Waals surface area contributed by atoms with Crippen molar-refractivity contribution in [1.29, 1.82) is 0 Å². The van der Waals surface area contributed by atoms with E-state index in [1.807, 2.05) is 0 Å². The Bertz CT molecular complexity index is 1350. The molecular weight excluding hydrogens is 425 g/mol. The molecule has 3 aromatic carbocycles. The first-order valence-corrected chi connectivity index (χ1v) is 9.62. The number of hydrogen-bond acceptors (Lipinski definition) is 4. The van der Waals surface area contributed by atoms with Crippen molar-refractivity contribution in [3.8, 4) is 0 Å². The summed E-state index contributed by atoms with van der Waals surface area (Å²) in [5.74, 6) is -1.03. The van der Waals surface area contributed by atoms with Crippen LogP contribution < -0.4 is 10.9 Å². The zero-order valence-electron chi connectivity index (χ0n) is 15.3. The summed E-state index contributed by atoms with van der Waals surface area (Å²) in [5, 5.41) is 3.73. The third-order valence-corrected chi connectivity index (χ3v) is 5.00. The third kappa shape index (κ3) is 3.85. The molecule has 148 valence electrons. The lowest BCUT2D eigenvalue weighted by molar-refractivity contribution is 0.102. The first-order valence-electron chi connectivity index (χ1n) is 8.87. The summed E-state index contributed by atoms with van der Waals surface area (Å²) in [6.45, 7) is 0. The van der Waals surface area contributed by atoms with Crippen LogP contribution in [0.1, 0.15) is 26.3 Å². The van der Waals surface area contributed by atoms with Crippen molar-refractivity contribution in [2.45, 2.75) is 0 Å². The smallest absolute Gasteiger partial charge is 0.349 e. The molecule has 0 fully saturated rings. The van der Waals surface area contributed by atoms with Crippen LogP contribution in [0.15, 0.2) is 82.0 Å². The summed E-state index contributed by atoms with van der Waals surface area (Å²) in [6, 6.07) is 19.5. The van der Waals surface area contributed by atoms with Gasteiger partial charge in [-0.05, 0) is 30.3 Å². The SMILES string of the molecule is O=C(c1ccccc1)c1cc(Cl)ccc1NC(=O)c1cc2cccc(Cl)c2oc1=O. The highest BCUT2D eigenvalue weighted by molar-refractivity contribution is 6.34. The van der Waals surface area contributed by atoms with Crippen LogP contribution in [0.4, 0.5) is 5.69 Å². The molecule has 1 heterocycles. The van der Waals surface area contributed by atoms with Gasteiger partial charge in [0.25, 0.3) is 5.91 Å². The Labute approximate surface area is 180 Å². The number of fused-ring (bicyclic) bond motifs is 1. The van der Waals surface area contributed by atoms with E-state index in [0.29, 0.717) is 16.0 Å². The summed E-state index contributed by atoms with van der Waals surface area (Å²) in [7, 11) is 0. The molecule has 0 radical (unpaired) electrons. The Hall–Kier alpha value is -3.41. The minimum absolute atomic E-state index is 0.201. The number of rotatable bonds is 4. The number of halogens is 2. The molecule has 1 amide bonds. The van der Waals surface area contributed by atoms with Gasteiger partial charge in [-0.25, -0.2) is 4.79 Å². The van der Waals surface area contributed by atoms with E-state index in [1.54, 1.807) is 54.6 Å². The van der Waals surface area contributed by atoms with E-state index in [4.69, 9.17) is 27.6 Å². The molecule has 4 rings (SSSR count). The zero-order valence-corrected chi connectivity index (χ0v) is 16.8. The van der Waals surface area contributed by atoms with Gasteiger partial charge >= 0.3 is 5.63 Å². The lowest BCUT2D eigenvalue weighted by Gasteiger charge is -2.11. The fourth-order valence-electron chi connectivity index (χ4n) is 3.02. The van der Waals surface area contributed by atoms with Crippen molar-refractivity contribution in [3.63, 3.8) is 0 Å². The average Bonchev–Trinajstić information content (AvgIpc) is 2.75. The minimum atomic E-state index is -0.835. The highest BCUT2D eigenvalue weighted by Gasteiger charge is 2.19. The molecular formula is C23H13Cl2NO4.